The van der Waals surface area contributed by atoms with Gasteiger partial charge in [0.1, 0.15) is 0 Å². The van der Waals surface area contributed by atoms with Gasteiger partial charge in [-0.25, -0.2) is 4.79 Å². The lowest BCUT2D eigenvalue weighted by atomic mass is 9.99. The molecule has 31 heavy (non-hydrogen) atoms. The number of hydrogen-bond donors (Lipinski definition) is 2. The average Bonchev–Trinajstić information content (AvgIpc) is 3.38. The summed E-state index contributed by atoms with van der Waals surface area (Å²) < 4.78 is 22.3. The highest BCUT2D eigenvalue weighted by molar-refractivity contribution is 5.67. The Hall–Kier alpha value is -1.75. The molecule has 1 amide bonds. The number of hydrogen-bond acceptors (Lipinski definition) is 8. The van der Waals surface area contributed by atoms with Crippen LogP contribution in [0.5, 0.6) is 0 Å². The van der Waals surface area contributed by atoms with E-state index in [1.807, 2.05) is 25.1 Å². The summed E-state index contributed by atoms with van der Waals surface area (Å²) in [6.45, 7) is 3.40. The van der Waals surface area contributed by atoms with Crippen LogP contribution in [0.4, 0.5) is 4.79 Å². The topological polar surface area (TPSA) is 98.7 Å². The number of carbonyl (C=O) groups is 1. The van der Waals surface area contributed by atoms with Crippen LogP contribution in [-0.2, 0) is 30.2 Å². The van der Waals surface area contributed by atoms with E-state index in [0.29, 0.717) is 44.3 Å². The first-order valence-electron chi connectivity index (χ1n) is 11.1. The van der Waals surface area contributed by atoms with E-state index in [1.54, 1.807) is 0 Å². The minimum Gasteiger partial charge on any atom is -0.426 e. The Kier molecular flexibility index (Phi) is 7.76. The fourth-order valence-electron chi connectivity index (χ4n) is 4.39. The number of nitrogens with one attached hydrogen (secondary N) is 1. The van der Waals surface area contributed by atoms with Crippen LogP contribution in [0.1, 0.15) is 38.2 Å². The highest BCUT2D eigenvalue weighted by atomic mass is 16.9. The molecule has 0 spiro atoms. The molecule has 6 unspecified atom stereocenters. The van der Waals surface area contributed by atoms with Crippen molar-refractivity contribution in [3.05, 3.63) is 35.9 Å². The number of ether oxygens (including phenoxy) is 4. The lowest BCUT2D eigenvalue weighted by Gasteiger charge is -2.33. The van der Waals surface area contributed by atoms with E-state index in [-0.39, 0.29) is 30.5 Å². The standard InChI is InChI=1S/C22H32N2O7/c1-2-20(30-22(25)23-19-14-29-21-18(19)9-11-28-21)24(26)31-16-8-10-27-17(13-16)12-15-6-4-3-5-7-15/h3-7,16-21,26H,2,8-14H2,1H3,(H,23,25). The Bertz CT molecular complexity index is 706. The van der Waals surface area contributed by atoms with Crippen LogP contribution in [0.2, 0.25) is 0 Å². The summed E-state index contributed by atoms with van der Waals surface area (Å²) in [4.78, 5) is 18.1. The highest BCUT2D eigenvalue weighted by Crippen LogP contribution is 2.31. The molecule has 2 N–H and O–H groups in total. The van der Waals surface area contributed by atoms with Crippen LogP contribution < -0.4 is 5.32 Å². The molecule has 3 heterocycles. The second kappa shape index (κ2) is 10.7. The smallest absolute Gasteiger partial charge is 0.409 e. The summed E-state index contributed by atoms with van der Waals surface area (Å²) in [5.74, 6) is 0.137. The summed E-state index contributed by atoms with van der Waals surface area (Å²) in [6.07, 6.45) is 1.35. The van der Waals surface area contributed by atoms with Gasteiger partial charge in [-0.2, -0.15) is 0 Å². The number of hydroxylamine groups is 2. The Morgan fingerprint density at radius 3 is 2.84 bits per heavy atom. The van der Waals surface area contributed by atoms with Crippen molar-refractivity contribution in [1.29, 1.82) is 0 Å². The average molecular weight is 437 g/mol. The van der Waals surface area contributed by atoms with Crippen molar-refractivity contribution in [3.63, 3.8) is 0 Å². The Balaban J connectivity index is 1.23. The van der Waals surface area contributed by atoms with Crippen LogP contribution in [-0.4, -0.2) is 67.1 Å². The molecule has 1 aromatic carbocycles. The molecule has 3 aliphatic rings. The fourth-order valence-corrected chi connectivity index (χ4v) is 4.39. The second-order valence-electron chi connectivity index (χ2n) is 8.28. The third-order valence-electron chi connectivity index (χ3n) is 6.06. The van der Waals surface area contributed by atoms with Gasteiger partial charge in [0, 0.05) is 25.4 Å². The normalized spacial score (nSPS) is 31.4. The summed E-state index contributed by atoms with van der Waals surface area (Å²) in [5, 5.41) is 13.9. The van der Waals surface area contributed by atoms with Gasteiger partial charge in [0.05, 0.1) is 31.5 Å². The van der Waals surface area contributed by atoms with Gasteiger partial charge < -0.3 is 24.3 Å². The van der Waals surface area contributed by atoms with Crippen molar-refractivity contribution >= 4 is 6.09 Å². The molecule has 0 aromatic heterocycles. The molecule has 0 radical (unpaired) electrons. The molecule has 3 saturated heterocycles. The summed E-state index contributed by atoms with van der Waals surface area (Å²) in [6, 6.07) is 9.99. The largest absolute Gasteiger partial charge is 0.426 e. The van der Waals surface area contributed by atoms with Crippen molar-refractivity contribution in [1.82, 2.24) is 10.5 Å². The van der Waals surface area contributed by atoms with Gasteiger partial charge in [0.15, 0.2) is 6.29 Å². The molecule has 9 heteroatoms. The molecule has 0 aliphatic carbocycles. The Morgan fingerprint density at radius 1 is 1.23 bits per heavy atom. The van der Waals surface area contributed by atoms with Gasteiger partial charge in [-0.05, 0) is 30.1 Å². The third-order valence-corrected chi connectivity index (χ3v) is 6.06. The first kappa shape index (κ1) is 22.4. The van der Waals surface area contributed by atoms with Crippen LogP contribution in [0.15, 0.2) is 30.3 Å². The summed E-state index contributed by atoms with van der Waals surface area (Å²) in [7, 11) is 0. The molecule has 9 nitrogen and oxygen atoms in total. The van der Waals surface area contributed by atoms with Gasteiger partial charge in [-0.1, -0.05) is 37.3 Å². The van der Waals surface area contributed by atoms with E-state index in [2.05, 4.69) is 17.4 Å². The molecule has 6 atom stereocenters. The van der Waals surface area contributed by atoms with Gasteiger partial charge in [0.2, 0.25) is 6.23 Å². The highest BCUT2D eigenvalue weighted by Gasteiger charge is 2.42. The Morgan fingerprint density at radius 2 is 2.03 bits per heavy atom. The molecule has 3 aliphatic heterocycles. The molecule has 0 bridgehead atoms. The molecular formula is C22H32N2O7. The van der Waals surface area contributed by atoms with Crippen molar-refractivity contribution in [2.45, 2.75) is 69.8 Å². The zero-order valence-corrected chi connectivity index (χ0v) is 17.9. The number of carbonyl (C=O) groups excluding carboxylic acids is 1. The predicted octanol–water partition coefficient (Wildman–Crippen LogP) is 2.62. The van der Waals surface area contributed by atoms with Crippen molar-refractivity contribution in [3.8, 4) is 0 Å². The van der Waals surface area contributed by atoms with Gasteiger partial charge in [-0.15, -0.1) is 0 Å². The van der Waals surface area contributed by atoms with E-state index in [9.17, 15) is 10.0 Å². The number of amides is 1. The first-order chi connectivity index (χ1) is 15.1. The van der Waals surface area contributed by atoms with Crippen LogP contribution in [0, 0.1) is 5.92 Å². The maximum absolute atomic E-state index is 12.4. The predicted molar refractivity (Wildman–Crippen MR) is 109 cm³/mol. The van der Waals surface area contributed by atoms with E-state index in [4.69, 9.17) is 23.8 Å². The van der Waals surface area contributed by atoms with Crippen LogP contribution in [0.3, 0.4) is 0 Å². The quantitative estimate of drug-likeness (QED) is 0.474. The lowest BCUT2D eigenvalue weighted by Crippen LogP contribution is -2.46. The number of rotatable bonds is 8. The van der Waals surface area contributed by atoms with Crippen molar-refractivity contribution in [2.24, 2.45) is 5.92 Å². The zero-order chi connectivity index (χ0) is 21.6. The molecule has 172 valence electrons. The van der Waals surface area contributed by atoms with Crippen molar-refractivity contribution < 1.29 is 33.8 Å². The maximum atomic E-state index is 12.4. The minimum atomic E-state index is -0.909. The van der Waals surface area contributed by atoms with Crippen LogP contribution >= 0.6 is 0 Å². The summed E-state index contributed by atoms with van der Waals surface area (Å²) in [5.41, 5.74) is 1.20. The Labute approximate surface area is 182 Å². The zero-order valence-electron chi connectivity index (χ0n) is 17.9. The van der Waals surface area contributed by atoms with E-state index < -0.39 is 12.3 Å². The number of fused-ring (bicyclic) bond motifs is 1. The molecular weight excluding hydrogens is 404 g/mol. The maximum Gasteiger partial charge on any atom is 0.409 e. The minimum absolute atomic E-state index is 0.0165. The van der Waals surface area contributed by atoms with Crippen molar-refractivity contribution in [2.75, 3.05) is 19.8 Å². The monoisotopic (exact) mass is 436 g/mol. The number of alkyl carbamates (subject to hydrolysis) is 1. The number of benzene rings is 1. The SMILES string of the molecule is CCC(OC(=O)NC1COC2OCCC12)N(O)OC1CCOC(Cc2ccccc2)C1. The van der Waals surface area contributed by atoms with E-state index in [0.717, 1.165) is 12.8 Å². The van der Waals surface area contributed by atoms with Gasteiger partial charge in [0.25, 0.3) is 0 Å². The molecule has 0 saturated carbocycles. The first-order valence-corrected chi connectivity index (χ1v) is 11.1. The van der Waals surface area contributed by atoms with Crippen LogP contribution in [0.25, 0.3) is 0 Å². The van der Waals surface area contributed by atoms with Gasteiger partial charge >= 0.3 is 6.09 Å². The summed E-state index contributed by atoms with van der Waals surface area (Å²) >= 11 is 0. The molecule has 4 rings (SSSR count). The molecule has 1 aromatic rings. The third kappa shape index (κ3) is 5.94. The van der Waals surface area contributed by atoms with E-state index >= 15 is 0 Å². The van der Waals surface area contributed by atoms with Gasteiger partial charge in [-0.3, -0.25) is 10.0 Å². The second-order valence-corrected chi connectivity index (χ2v) is 8.28. The number of nitrogens with zero attached hydrogens (tertiary/aromatic N) is 1. The van der Waals surface area contributed by atoms with E-state index in [1.165, 1.54) is 5.56 Å². The fraction of sp³-hybridized carbons (Fsp3) is 0.682. The molecule has 3 fully saturated rings. The lowest BCUT2D eigenvalue weighted by molar-refractivity contribution is -0.415.